The van der Waals surface area contributed by atoms with Crippen molar-refractivity contribution in [1.29, 1.82) is 5.26 Å². The Bertz CT molecular complexity index is 1730. The van der Waals surface area contributed by atoms with Gasteiger partial charge in [0.15, 0.2) is 17.2 Å². The van der Waals surface area contributed by atoms with E-state index in [1.807, 2.05) is 6.07 Å². The van der Waals surface area contributed by atoms with Gasteiger partial charge in [0.1, 0.15) is 6.54 Å². The van der Waals surface area contributed by atoms with E-state index in [4.69, 9.17) is 16.9 Å². The molecule has 2 N–H and O–H groups in total. The minimum absolute atomic E-state index is 0.0226. The van der Waals surface area contributed by atoms with Gasteiger partial charge in [0.05, 0.1) is 46.3 Å². The molecule has 0 spiro atoms. The van der Waals surface area contributed by atoms with E-state index in [0.717, 1.165) is 4.68 Å². The highest BCUT2D eigenvalue weighted by atomic mass is 35.5. The number of amides is 1. The number of rotatable bonds is 7. The van der Waals surface area contributed by atoms with Crippen molar-refractivity contribution in [3.63, 3.8) is 0 Å². The van der Waals surface area contributed by atoms with Gasteiger partial charge >= 0.3 is 6.18 Å². The number of nitrogens with one attached hydrogen (secondary N) is 2. The molecule has 0 atom stereocenters. The van der Waals surface area contributed by atoms with Gasteiger partial charge in [0.2, 0.25) is 0 Å². The summed E-state index contributed by atoms with van der Waals surface area (Å²) in [5, 5.41) is 22.5. The van der Waals surface area contributed by atoms with Crippen LogP contribution in [0.2, 0.25) is 5.02 Å². The quantitative estimate of drug-likeness (QED) is 0.309. The molecule has 11 nitrogen and oxygen atoms in total. The predicted octanol–water partition coefficient (Wildman–Crippen LogP) is 4.14. The Morgan fingerprint density at radius 2 is 1.97 bits per heavy atom. The lowest BCUT2D eigenvalue weighted by Crippen LogP contribution is -2.18. The Kier molecular flexibility index (Phi) is 6.67. The molecule has 15 heteroatoms. The first-order valence-corrected chi connectivity index (χ1v) is 11.7. The van der Waals surface area contributed by atoms with Crippen LogP contribution in [0, 0.1) is 11.3 Å². The largest absolute Gasteiger partial charge is 0.435 e. The van der Waals surface area contributed by atoms with Crippen molar-refractivity contribution < 1.29 is 18.0 Å². The molecule has 0 saturated heterocycles. The number of nitriles is 1. The predicted molar refractivity (Wildman–Crippen MR) is 134 cm³/mol. The highest BCUT2D eigenvalue weighted by molar-refractivity contribution is 6.34. The van der Waals surface area contributed by atoms with Crippen molar-refractivity contribution >= 4 is 34.7 Å². The summed E-state index contributed by atoms with van der Waals surface area (Å²) in [5.41, 5.74) is 0.380. The van der Waals surface area contributed by atoms with Crippen LogP contribution in [0.1, 0.15) is 21.7 Å². The zero-order valence-corrected chi connectivity index (χ0v) is 20.9. The van der Waals surface area contributed by atoms with Gasteiger partial charge in [0.25, 0.3) is 5.91 Å². The fourth-order valence-corrected chi connectivity index (χ4v) is 4.24. The number of hydrogen-bond donors (Lipinski definition) is 2. The summed E-state index contributed by atoms with van der Waals surface area (Å²) in [5.74, 6) is -0.0855. The average Bonchev–Trinajstić information content (AvgIpc) is 3.63. The number of fused-ring (bicyclic) bond motifs is 1. The van der Waals surface area contributed by atoms with Crippen LogP contribution in [0.25, 0.3) is 16.9 Å². The zero-order chi connectivity index (χ0) is 27.7. The molecule has 4 aromatic heterocycles. The fourth-order valence-electron chi connectivity index (χ4n) is 3.97. The molecule has 5 aromatic rings. The summed E-state index contributed by atoms with van der Waals surface area (Å²) >= 11 is 6.23. The number of benzene rings is 1. The summed E-state index contributed by atoms with van der Waals surface area (Å²) < 4.78 is 46.0. The number of anilines is 2. The van der Waals surface area contributed by atoms with Crippen LogP contribution in [0.3, 0.4) is 0 Å². The molecule has 0 unspecified atom stereocenters. The Labute approximate surface area is 223 Å². The van der Waals surface area contributed by atoms with Crippen LogP contribution < -0.4 is 10.6 Å². The number of halogens is 4. The van der Waals surface area contributed by atoms with Gasteiger partial charge in [-0.2, -0.15) is 28.6 Å². The van der Waals surface area contributed by atoms with Gasteiger partial charge in [-0.25, -0.2) is 9.97 Å². The van der Waals surface area contributed by atoms with Crippen molar-refractivity contribution in [2.45, 2.75) is 19.3 Å². The third-order valence-electron chi connectivity index (χ3n) is 5.69. The molecular formula is C24H18ClF3N10O. The minimum atomic E-state index is -4.73. The van der Waals surface area contributed by atoms with Crippen LogP contribution in [0.5, 0.6) is 0 Å². The van der Waals surface area contributed by atoms with E-state index in [1.165, 1.54) is 53.1 Å². The lowest BCUT2D eigenvalue weighted by molar-refractivity contribution is -0.141. The lowest BCUT2D eigenvalue weighted by Gasteiger charge is -2.10. The van der Waals surface area contributed by atoms with Gasteiger partial charge in [-0.05, 0) is 24.3 Å². The highest BCUT2D eigenvalue weighted by Crippen LogP contribution is 2.37. The number of carbonyl (C=O) groups excluding carboxylic acids is 1. The maximum absolute atomic E-state index is 14.0. The molecule has 0 aliphatic rings. The Balaban J connectivity index is 1.50. The fraction of sp³-hybridized carbons (Fsp3) is 0.167. The number of aromatic nitrogens is 7. The summed E-state index contributed by atoms with van der Waals surface area (Å²) in [4.78, 5) is 20.5. The SMILES string of the molecule is CNC(=O)c1ccc(Nc2nccn3c(-c4cn(Cc5ccn(CC#N)n5)nc4C(F)(F)F)cnc23)cc1Cl. The Morgan fingerprint density at radius 1 is 1.15 bits per heavy atom. The number of alkyl halides is 3. The van der Waals surface area contributed by atoms with Crippen LogP contribution >= 0.6 is 11.6 Å². The van der Waals surface area contributed by atoms with E-state index in [9.17, 15) is 18.0 Å². The monoisotopic (exact) mass is 554 g/mol. The molecule has 0 radical (unpaired) electrons. The van der Waals surface area contributed by atoms with Crippen molar-refractivity contribution in [1.82, 2.24) is 39.2 Å². The van der Waals surface area contributed by atoms with Crippen LogP contribution in [0.4, 0.5) is 24.7 Å². The van der Waals surface area contributed by atoms with E-state index in [-0.39, 0.29) is 52.3 Å². The van der Waals surface area contributed by atoms with Crippen molar-refractivity contribution in [3.8, 4) is 17.3 Å². The molecule has 0 saturated carbocycles. The van der Waals surface area contributed by atoms with Crippen molar-refractivity contribution in [2.75, 3.05) is 12.4 Å². The van der Waals surface area contributed by atoms with Gasteiger partial charge in [-0.3, -0.25) is 18.6 Å². The van der Waals surface area contributed by atoms with E-state index in [2.05, 4.69) is 30.8 Å². The summed E-state index contributed by atoms with van der Waals surface area (Å²) in [6.07, 6.45) is 2.33. The van der Waals surface area contributed by atoms with Crippen LogP contribution in [0.15, 0.2) is 55.2 Å². The Morgan fingerprint density at radius 3 is 2.69 bits per heavy atom. The molecule has 0 aliphatic carbocycles. The summed E-state index contributed by atoms with van der Waals surface area (Å²) in [7, 11) is 1.49. The number of carbonyl (C=O) groups is 1. The first kappa shape index (κ1) is 25.7. The smallest absolute Gasteiger partial charge is 0.355 e. The van der Waals surface area contributed by atoms with Crippen LogP contribution in [-0.2, 0) is 19.3 Å². The molecule has 0 aliphatic heterocycles. The second-order valence-corrected chi connectivity index (χ2v) is 8.67. The second-order valence-electron chi connectivity index (χ2n) is 8.26. The zero-order valence-electron chi connectivity index (χ0n) is 20.1. The third-order valence-corrected chi connectivity index (χ3v) is 6.00. The molecule has 39 heavy (non-hydrogen) atoms. The van der Waals surface area contributed by atoms with E-state index in [1.54, 1.807) is 18.3 Å². The van der Waals surface area contributed by atoms with E-state index < -0.39 is 11.9 Å². The topological polar surface area (TPSA) is 131 Å². The molecule has 1 aromatic carbocycles. The van der Waals surface area contributed by atoms with Gasteiger partial charge in [-0.15, -0.1) is 0 Å². The van der Waals surface area contributed by atoms with Gasteiger partial charge in [0, 0.05) is 37.5 Å². The first-order valence-electron chi connectivity index (χ1n) is 11.3. The number of hydrogen-bond acceptors (Lipinski definition) is 7. The minimum Gasteiger partial charge on any atom is -0.355 e. The van der Waals surface area contributed by atoms with E-state index in [0.29, 0.717) is 11.4 Å². The summed E-state index contributed by atoms with van der Waals surface area (Å²) in [6.45, 7) is -0.00574. The third kappa shape index (κ3) is 5.12. The molecule has 5 rings (SSSR count). The van der Waals surface area contributed by atoms with Gasteiger partial charge in [-0.1, -0.05) is 11.6 Å². The standard InChI is InChI=1S/C24H18ClF3N10O/c1-30-23(39)16-3-2-14(10-18(16)25)33-21-22-32-11-19(38(22)9-6-31-21)17-13-37(35-20(17)24(26,27)28)12-15-4-7-36(34-15)8-5-29/h2-4,6-7,9-11,13H,8,12H2,1H3,(H,30,39)(H,31,33). The second kappa shape index (κ2) is 10.1. The molecule has 4 heterocycles. The molecule has 1 amide bonds. The molecule has 0 fully saturated rings. The maximum atomic E-state index is 14.0. The van der Waals surface area contributed by atoms with Crippen molar-refractivity contribution in [2.24, 2.45) is 0 Å². The normalized spacial score (nSPS) is 11.5. The van der Waals surface area contributed by atoms with Crippen LogP contribution in [-0.4, -0.2) is 46.9 Å². The number of nitrogens with zero attached hydrogens (tertiary/aromatic N) is 8. The average molecular weight is 555 g/mol. The molecule has 0 bridgehead atoms. The maximum Gasteiger partial charge on any atom is 0.435 e. The lowest BCUT2D eigenvalue weighted by atomic mass is 10.2. The molecular weight excluding hydrogens is 537 g/mol. The first-order chi connectivity index (χ1) is 18.7. The highest BCUT2D eigenvalue weighted by Gasteiger charge is 2.38. The van der Waals surface area contributed by atoms with Gasteiger partial charge < -0.3 is 10.6 Å². The molecule has 198 valence electrons. The Hall–Kier alpha value is -4.90. The number of imidazole rings is 1. The van der Waals surface area contributed by atoms with Crippen molar-refractivity contribution in [3.05, 3.63) is 77.2 Å². The summed E-state index contributed by atoms with van der Waals surface area (Å²) in [6, 6.07) is 8.25. The van der Waals surface area contributed by atoms with E-state index >= 15 is 0 Å².